The Bertz CT molecular complexity index is 817. The van der Waals surface area contributed by atoms with Crippen LogP contribution in [0.25, 0.3) is 0 Å². The molecular formula is C49H95NO5. The molecule has 0 radical (unpaired) electrons. The number of hydrogen-bond acceptors (Lipinski definition) is 5. The van der Waals surface area contributed by atoms with Crippen LogP contribution in [0.2, 0.25) is 0 Å². The second-order valence-electron chi connectivity index (χ2n) is 16.8. The normalized spacial score (nSPS) is 12.7. The van der Waals surface area contributed by atoms with Crippen LogP contribution in [-0.2, 0) is 14.3 Å². The van der Waals surface area contributed by atoms with Gasteiger partial charge in [-0.1, -0.05) is 206 Å². The Morgan fingerprint density at radius 1 is 0.491 bits per heavy atom. The lowest BCUT2D eigenvalue weighted by Gasteiger charge is -2.22. The van der Waals surface area contributed by atoms with Crippen LogP contribution >= 0.6 is 0 Å². The summed E-state index contributed by atoms with van der Waals surface area (Å²) in [6.07, 6.45) is 50.3. The van der Waals surface area contributed by atoms with Crippen molar-refractivity contribution < 1.29 is 24.5 Å². The molecular weight excluding hydrogens is 683 g/mol. The minimum atomic E-state index is -0.678. The second kappa shape index (κ2) is 45.3. The third kappa shape index (κ3) is 42.0. The lowest BCUT2D eigenvalue weighted by atomic mass is 10.0. The first-order valence-electron chi connectivity index (χ1n) is 24.4. The summed E-state index contributed by atoms with van der Waals surface area (Å²) in [6.45, 7) is 4.89. The van der Waals surface area contributed by atoms with Crippen LogP contribution in [0.5, 0.6) is 0 Å². The Morgan fingerprint density at radius 2 is 0.855 bits per heavy atom. The van der Waals surface area contributed by atoms with E-state index in [0.717, 1.165) is 77.0 Å². The van der Waals surface area contributed by atoms with E-state index in [1.54, 1.807) is 0 Å². The topological polar surface area (TPSA) is 95.9 Å². The molecule has 6 nitrogen and oxygen atoms in total. The maximum atomic E-state index is 12.4. The fraction of sp³-hybridized carbons (Fsp3) is 0.918. The van der Waals surface area contributed by atoms with Crippen molar-refractivity contribution in [1.29, 1.82) is 0 Å². The van der Waals surface area contributed by atoms with Gasteiger partial charge in [0.05, 0.1) is 25.4 Å². The Morgan fingerprint density at radius 3 is 1.29 bits per heavy atom. The van der Waals surface area contributed by atoms with Crippen molar-refractivity contribution in [2.75, 3.05) is 13.2 Å². The Balaban J connectivity index is 3.49. The molecule has 2 unspecified atom stereocenters. The van der Waals surface area contributed by atoms with Crippen LogP contribution in [-0.4, -0.2) is 47.4 Å². The fourth-order valence-corrected chi connectivity index (χ4v) is 7.51. The highest BCUT2D eigenvalue weighted by Gasteiger charge is 2.20. The van der Waals surface area contributed by atoms with Crippen molar-refractivity contribution in [2.24, 2.45) is 0 Å². The predicted molar refractivity (Wildman–Crippen MR) is 237 cm³/mol. The molecule has 0 spiro atoms. The molecule has 0 saturated heterocycles. The van der Waals surface area contributed by atoms with Crippen LogP contribution in [0.15, 0.2) is 12.2 Å². The Hall–Kier alpha value is -1.40. The van der Waals surface area contributed by atoms with Crippen LogP contribution < -0.4 is 5.32 Å². The minimum Gasteiger partial charge on any atom is -0.466 e. The molecule has 2 atom stereocenters. The van der Waals surface area contributed by atoms with Gasteiger partial charge < -0.3 is 20.3 Å². The first-order valence-corrected chi connectivity index (χ1v) is 24.4. The van der Waals surface area contributed by atoms with Gasteiger partial charge in [0.25, 0.3) is 0 Å². The lowest BCUT2D eigenvalue weighted by Crippen LogP contribution is -2.45. The van der Waals surface area contributed by atoms with Gasteiger partial charge in [0.15, 0.2) is 0 Å². The number of amides is 1. The SMILES string of the molecule is CCCCCCCCCCCCCCCCC(=O)OCCCCC/C=C\CCCCCCCC(=O)NC(CO)C(O)CCCCCCCCCCCCCC. The Kier molecular flexibility index (Phi) is 44.2. The highest BCUT2D eigenvalue weighted by atomic mass is 16.5. The molecule has 0 rings (SSSR count). The first kappa shape index (κ1) is 53.6. The number of aliphatic hydroxyl groups excluding tert-OH is 2. The number of rotatable bonds is 45. The monoisotopic (exact) mass is 778 g/mol. The van der Waals surface area contributed by atoms with E-state index < -0.39 is 12.1 Å². The standard InChI is InChI=1S/C49H95NO5/c1-3-5-7-9-11-13-15-17-18-23-27-31-35-39-43-49(54)55-44-40-36-32-28-24-20-19-22-26-30-34-38-42-48(53)50-46(45-51)47(52)41-37-33-29-25-21-16-14-12-10-8-6-4-2/h20,24,46-47,51-52H,3-19,21-23,25-45H2,1-2H3,(H,50,53)/b24-20-. The molecule has 55 heavy (non-hydrogen) atoms. The number of ether oxygens (including phenoxy) is 1. The molecule has 0 fully saturated rings. The van der Waals surface area contributed by atoms with Crippen molar-refractivity contribution in [2.45, 2.75) is 276 Å². The predicted octanol–water partition coefficient (Wildman–Crippen LogP) is 14.2. The molecule has 0 aliphatic rings. The van der Waals surface area contributed by atoms with E-state index in [2.05, 4.69) is 31.3 Å². The molecule has 0 aromatic rings. The van der Waals surface area contributed by atoms with Crippen LogP contribution in [0.4, 0.5) is 0 Å². The quantitative estimate of drug-likeness (QED) is 0.0325. The summed E-state index contributed by atoms with van der Waals surface area (Å²) in [4.78, 5) is 24.4. The molecule has 6 heteroatoms. The number of esters is 1. The molecule has 0 aromatic carbocycles. The number of allylic oxidation sites excluding steroid dienone is 2. The van der Waals surface area contributed by atoms with Gasteiger partial charge in [0, 0.05) is 12.8 Å². The molecule has 0 saturated carbocycles. The Labute approximate surface area is 342 Å². The largest absolute Gasteiger partial charge is 0.466 e. The molecule has 0 heterocycles. The number of carbonyl (C=O) groups excluding carboxylic acids is 2. The number of nitrogens with one attached hydrogen (secondary N) is 1. The molecule has 326 valence electrons. The first-order chi connectivity index (χ1) is 27.0. The van der Waals surface area contributed by atoms with Gasteiger partial charge in [0.1, 0.15) is 0 Å². The fourth-order valence-electron chi connectivity index (χ4n) is 7.51. The maximum absolute atomic E-state index is 12.4. The van der Waals surface area contributed by atoms with E-state index in [0.29, 0.717) is 25.9 Å². The van der Waals surface area contributed by atoms with Crippen molar-refractivity contribution in [3.8, 4) is 0 Å². The number of hydrogen-bond donors (Lipinski definition) is 3. The zero-order valence-electron chi connectivity index (χ0n) is 36.9. The second-order valence-corrected chi connectivity index (χ2v) is 16.8. The van der Waals surface area contributed by atoms with Crippen LogP contribution in [0.1, 0.15) is 264 Å². The summed E-state index contributed by atoms with van der Waals surface area (Å²) in [5, 5.41) is 23.1. The summed E-state index contributed by atoms with van der Waals surface area (Å²) in [5.41, 5.74) is 0. The molecule has 0 aliphatic carbocycles. The number of unbranched alkanes of at least 4 members (excludes halogenated alkanes) is 32. The summed E-state index contributed by atoms with van der Waals surface area (Å²) in [7, 11) is 0. The molecule has 1 amide bonds. The van der Waals surface area contributed by atoms with Gasteiger partial charge in [-0.3, -0.25) is 9.59 Å². The number of carbonyl (C=O) groups is 2. The van der Waals surface area contributed by atoms with E-state index in [4.69, 9.17) is 4.74 Å². The summed E-state index contributed by atoms with van der Waals surface area (Å²) in [6, 6.07) is -0.557. The summed E-state index contributed by atoms with van der Waals surface area (Å²) >= 11 is 0. The molecule has 0 aliphatic heterocycles. The third-order valence-corrected chi connectivity index (χ3v) is 11.3. The van der Waals surface area contributed by atoms with Crippen LogP contribution in [0.3, 0.4) is 0 Å². The maximum Gasteiger partial charge on any atom is 0.305 e. The van der Waals surface area contributed by atoms with E-state index in [1.165, 1.54) is 154 Å². The molecule has 0 bridgehead atoms. The van der Waals surface area contributed by atoms with Gasteiger partial charge in [-0.15, -0.1) is 0 Å². The summed E-state index contributed by atoms with van der Waals surface area (Å²) < 4.78 is 5.44. The lowest BCUT2D eigenvalue weighted by molar-refractivity contribution is -0.143. The van der Waals surface area contributed by atoms with Crippen LogP contribution in [0, 0.1) is 0 Å². The van der Waals surface area contributed by atoms with Crippen molar-refractivity contribution >= 4 is 11.9 Å². The van der Waals surface area contributed by atoms with Gasteiger partial charge in [0.2, 0.25) is 5.91 Å². The van der Waals surface area contributed by atoms with Crippen molar-refractivity contribution in [3.63, 3.8) is 0 Å². The van der Waals surface area contributed by atoms with E-state index >= 15 is 0 Å². The highest BCUT2D eigenvalue weighted by molar-refractivity contribution is 5.76. The smallest absolute Gasteiger partial charge is 0.305 e. The van der Waals surface area contributed by atoms with E-state index in [1.807, 2.05) is 0 Å². The average molecular weight is 778 g/mol. The molecule has 3 N–H and O–H groups in total. The van der Waals surface area contributed by atoms with Gasteiger partial charge >= 0.3 is 5.97 Å². The van der Waals surface area contributed by atoms with Gasteiger partial charge in [-0.25, -0.2) is 0 Å². The minimum absolute atomic E-state index is 0.0207. The highest BCUT2D eigenvalue weighted by Crippen LogP contribution is 2.16. The van der Waals surface area contributed by atoms with Gasteiger partial charge in [-0.2, -0.15) is 0 Å². The number of aliphatic hydroxyl groups is 2. The van der Waals surface area contributed by atoms with Gasteiger partial charge in [-0.05, 0) is 57.8 Å². The van der Waals surface area contributed by atoms with Crippen molar-refractivity contribution in [1.82, 2.24) is 5.32 Å². The third-order valence-electron chi connectivity index (χ3n) is 11.3. The molecule has 0 aromatic heterocycles. The van der Waals surface area contributed by atoms with E-state index in [9.17, 15) is 19.8 Å². The summed E-state index contributed by atoms with van der Waals surface area (Å²) in [5.74, 6) is -0.0817. The zero-order valence-corrected chi connectivity index (χ0v) is 36.9. The van der Waals surface area contributed by atoms with Crippen molar-refractivity contribution in [3.05, 3.63) is 12.2 Å². The average Bonchev–Trinajstić information content (AvgIpc) is 3.18. The zero-order chi connectivity index (χ0) is 40.1. The van der Waals surface area contributed by atoms with E-state index in [-0.39, 0.29) is 18.5 Å².